The summed E-state index contributed by atoms with van der Waals surface area (Å²) in [7, 11) is 0. The molecule has 0 spiro atoms. The Hall–Kier alpha value is -0.900. The van der Waals surface area contributed by atoms with E-state index in [0.717, 1.165) is 12.3 Å². The van der Waals surface area contributed by atoms with Crippen molar-refractivity contribution in [3.63, 3.8) is 0 Å². The van der Waals surface area contributed by atoms with E-state index in [-0.39, 0.29) is 17.9 Å². The first-order valence-corrected chi connectivity index (χ1v) is 6.76. The molecule has 1 aliphatic carbocycles. The first kappa shape index (κ1) is 12.6. The van der Waals surface area contributed by atoms with Crippen LogP contribution in [0.3, 0.4) is 0 Å². The van der Waals surface area contributed by atoms with E-state index in [1.165, 1.54) is 37.0 Å². The Kier molecular flexibility index (Phi) is 4.15. The minimum atomic E-state index is -0.209. The molecule has 1 heterocycles. The Labute approximate surface area is 103 Å². The molecule has 96 valence electrons. The third-order valence-corrected chi connectivity index (χ3v) is 3.98. The number of hydrogen-bond donors (Lipinski definition) is 1. The lowest BCUT2D eigenvalue weighted by molar-refractivity contribution is -0.149. The van der Waals surface area contributed by atoms with Crippen LogP contribution in [0, 0.1) is 5.92 Å². The quantitative estimate of drug-likeness (QED) is 0.754. The molecule has 4 nitrogen and oxygen atoms in total. The van der Waals surface area contributed by atoms with E-state index in [0.29, 0.717) is 13.1 Å². The van der Waals surface area contributed by atoms with Crippen molar-refractivity contribution in [2.24, 2.45) is 5.92 Å². The zero-order chi connectivity index (χ0) is 12.3. The summed E-state index contributed by atoms with van der Waals surface area (Å²) in [5, 5.41) is 2.91. The molecule has 1 saturated heterocycles. The van der Waals surface area contributed by atoms with Crippen molar-refractivity contribution in [1.29, 1.82) is 0 Å². The molecule has 17 heavy (non-hydrogen) atoms. The third kappa shape index (κ3) is 3.06. The van der Waals surface area contributed by atoms with Crippen LogP contribution in [0.4, 0.5) is 0 Å². The summed E-state index contributed by atoms with van der Waals surface area (Å²) in [4.78, 5) is 25.0. The largest absolute Gasteiger partial charge is 0.298 e. The number of piperazine rings is 1. The Morgan fingerprint density at radius 3 is 2.65 bits per heavy atom. The summed E-state index contributed by atoms with van der Waals surface area (Å²) in [5.41, 5.74) is 0. The number of imide groups is 1. The maximum Gasteiger partial charge on any atom is 0.246 e. The molecular formula is C13H22N2O2. The van der Waals surface area contributed by atoms with Crippen LogP contribution in [-0.4, -0.2) is 35.8 Å². The summed E-state index contributed by atoms with van der Waals surface area (Å²) >= 11 is 0. The van der Waals surface area contributed by atoms with Crippen molar-refractivity contribution in [3.8, 4) is 0 Å². The van der Waals surface area contributed by atoms with Gasteiger partial charge in [-0.2, -0.15) is 0 Å². The normalized spacial score (nSPS) is 27.6. The van der Waals surface area contributed by atoms with E-state index in [1.807, 2.05) is 6.92 Å². The van der Waals surface area contributed by atoms with E-state index in [1.54, 1.807) is 0 Å². The van der Waals surface area contributed by atoms with Gasteiger partial charge in [-0.1, -0.05) is 32.1 Å². The van der Waals surface area contributed by atoms with E-state index >= 15 is 0 Å². The van der Waals surface area contributed by atoms with Gasteiger partial charge in [0, 0.05) is 6.54 Å². The minimum absolute atomic E-state index is 0.0583. The first-order chi connectivity index (χ1) is 8.18. The Morgan fingerprint density at radius 2 is 1.94 bits per heavy atom. The van der Waals surface area contributed by atoms with Crippen molar-refractivity contribution in [2.45, 2.75) is 51.5 Å². The van der Waals surface area contributed by atoms with Gasteiger partial charge < -0.3 is 0 Å². The molecule has 1 saturated carbocycles. The van der Waals surface area contributed by atoms with E-state index in [2.05, 4.69) is 5.32 Å². The van der Waals surface area contributed by atoms with Crippen LogP contribution in [0.5, 0.6) is 0 Å². The maximum absolute atomic E-state index is 11.9. The zero-order valence-corrected chi connectivity index (χ0v) is 10.6. The van der Waals surface area contributed by atoms with Gasteiger partial charge in [0.25, 0.3) is 0 Å². The predicted molar refractivity (Wildman–Crippen MR) is 65.4 cm³/mol. The first-order valence-electron chi connectivity index (χ1n) is 6.76. The number of nitrogens with zero attached hydrogens (tertiary/aromatic N) is 1. The van der Waals surface area contributed by atoms with Crippen LogP contribution >= 0.6 is 0 Å². The lowest BCUT2D eigenvalue weighted by Crippen LogP contribution is -2.57. The molecule has 0 aromatic rings. The fourth-order valence-electron chi connectivity index (χ4n) is 2.80. The van der Waals surface area contributed by atoms with E-state index in [9.17, 15) is 9.59 Å². The van der Waals surface area contributed by atoms with Crippen molar-refractivity contribution in [1.82, 2.24) is 10.2 Å². The van der Waals surface area contributed by atoms with Crippen molar-refractivity contribution in [2.75, 3.05) is 13.1 Å². The van der Waals surface area contributed by atoms with Crippen LogP contribution in [0.2, 0.25) is 0 Å². The van der Waals surface area contributed by atoms with Crippen molar-refractivity contribution in [3.05, 3.63) is 0 Å². The van der Waals surface area contributed by atoms with Crippen molar-refractivity contribution < 1.29 is 9.59 Å². The number of amides is 2. The van der Waals surface area contributed by atoms with Crippen LogP contribution in [-0.2, 0) is 9.59 Å². The Balaban J connectivity index is 1.83. The average molecular weight is 238 g/mol. The second kappa shape index (κ2) is 5.63. The van der Waals surface area contributed by atoms with E-state index < -0.39 is 0 Å². The van der Waals surface area contributed by atoms with Crippen LogP contribution < -0.4 is 5.32 Å². The highest BCUT2D eigenvalue weighted by Gasteiger charge is 2.31. The number of carbonyl (C=O) groups is 2. The number of hydrogen-bond acceptors (Lipinski definition) is 3. The topological polar surface area (TPSA) is 49.4 Å². The van der Waals surface area contributed by atoms with Gasteiger partial charge in [-0.3, -0.25) is 19.8 Å². The van der Waals surface area contributed by atoms with E-state index in [4.69, 9.17) is 0 Å². The standard InChI is InChI=1S/C13H22N2O2/c1-10-13(17)15(12(16)9-14-10)8-7-11-5-3-2-4-6-11/h10-11,14H,2-9H2,1H3. The second-order valence-electron chi connectivity index (χ2n) is 5.28. The molecule has 2 amide bonds. The monoisotopic (exact) mass is 238 g/mol. The smallest absolute Gasteiger partial charge is 0.246 e. The number of nitrogens with one attached hydrogen (secondary N) is 1. The second-order valence-corrected chi connectivity index (χ2v) is 5.28. The summed E-state index contributed by atoms with van der Waals surface area (Å²) in [5.74, 6) is 0.593. The highest BCUT2D eigenvalue weighted by molar-refractivity contribution is 6.00. The fraction of sp³-hybridized carbons (Fsp3) is 0.846. The molecule has 0 radical (unpaired) electrons. The molecule has 1 N–H and O–H groups in total. The molecule has 1 unspecified atom stereocenters. The number of carbonyl (C=O) groups excluding carboxylic acids is 2. The molecule has 0 aromatic heterocycles. The molecule has 2 fully saturated rings. The van der Waals surface area contributed by atoms with Crippen LogP contribution in [0.15, 0.2) is 0 Å². The third-order valence-electron chi connectivity index (χ3n) is 3.98. The fourth-order valence-corrected chi connectivity index (χ4v) is 2.80. The Bertz CT molecular complexity index is 298. The molecule has 1 atom stereocenters. The van der Waals surface area contributed by atoms with Crippen LogP contribution in [0.25, 0.3) is 0 Å². The zero-order valence-electron chi connectivity index (χ0n) is 10.6. The van der Waals surface area contributed by atoms with Gasteiger partial charge in [-0.15, -0.1) is 0 Å². The van der Waals surface area contributed by atoms with Gasteiger partial charge in [0.1, 0.15) is 0 Å². The predicted octanol–water partition coefficient (Wildman–Crippen LogP) is 1.30. The van der Waals surface area contributed by atoms with Crippen molar-refractivity contribution >= 4 is 11.8 Å². The van der Waals surface area contributed by atoms with Gasteiger partial charge in [0.15, 0.2) is 0 Å². The van der Waals surface area contributed by atoms with Crippen LogP contribution in [0.1, 0.15) is 45.4 Å². The summed E-state index contributed by atoms with van der Waals surface area (Å²) in [6, 6.07) is -0.209. The maximum atomic E-state index is 11.9. The SMILES string of the molecule is CC1NCC(=O)N(CCC2CCCCC2)C1=O. The summed E-state index contributed by atoms with van der Waals surface area (Å²) in [6.07, 6.45) is 7.49. The Morgan fingerprint density at radius 1 is 1.24 bits per heavy atom. The molecule has 0 aromatic carbocycles. The summed E-state index contributed by atoms with van der Waals surface area (Å²) < 4.78 is 0. The molecule has 2 rings (SSSR count). The molecular weight excluding hydrogens is 216 g/mol. The van der Waals surface area contributed by atoms with Gasteiger partial charge in [0.2, 0.25) is 11.8 Å². The summed E-state index contributed by atoms with van der Waals surface area (Å²) in [6.45, 7) is 2.74. The molecule has 2 aliphatic rings. The highest BCUT2D eigenvalue weighted by Crippen LogP contribution is 2.26. The highest BCUT2D eigenvalue weighted by atomic mass is 16.2. The molecule has 0 bridgehead atoms. The lowest BCUT2D eigenvalue weighted by Gasteiger charge is -2.31. The average Bonchev–Trinajstić information content (AvgIpc) is 2.35. The lowest BCUT2D eigenvalue weighted by atomic mass is 9.87. The molecule has 1 aliphatic heterocycles. The van der Waals surface area contributed by atoms with Gasteiger partial charge in [-0.25, -0.2) is 0 Å². The number of rotatable bonds is 3. The minimum Gasteiger partial charge on any atom is -0.298 e. The van der Waals surface area contributed by atoms with Gasteiger partial charge in [-0.05, 0) is 19.3 Å². The molecule has 4 heteroatoms. The van der Waals surface area contributed by atoms with Gasteiger partial charge >= 0.3 is 0 Å². The van der Waals surface area contributed by atoms with Gasteiger partial charge in [0.05, 0.1) is 12.6 Å².